The summed E-state index contributed by atoms with van der Waals surface area (Å²) in [6.45, 7) is 5.67. The molecule has 3 heterocycles. The molecule has 1 amide bonds. The van der Waals surface area contributed by atoms with Crippen molar-refractivity contribution >= 4 is 34.2 Å². The first-order valence-corrected chi connectivity index (χ1v) is 11.2. The topological polar surface area (TPSA) is 63.4 Å². The van der Waals surface area contributed by atoms with E-state index < -0.39 is 0 Å². The van der Waals surface area contributed by atoms with Gasteiger partial charge in [-0.15, -0.1) is 10.2 Å². The Kier molecular flexibility index (Phi) is 4.90. The number of carbonyl (C=O) groups excluding carboxylic acids is 1. The molecule has 0 saturated heterocycles. The fourth-order valence-electron chi connectivity index (χ4n) is 3.99. The van der Waals surface area contributed by atoms with Crippen LogP contribution in [0.3, 0.4) is 0 Å². The Morgan fingerprint density at radius 1 is 1.07 bits per heavy atom. The van der Waals surface area contributed by atoms with Crippen molar-refractivity contribution in [2.75, 3.05) is 12.3 Å². The summed E-state index contributed by atoms with van der Waals surface area (Å²) in [5.74, 6) is 1.59. The number of amides is 1. The maximum Gasteiger partial charge on any atom is 0.233 e. The maximum absolute atomic E-state index is 12.9. The summed E-state index contributed by atoms with van der Waals surface area (Å²) >= 11 is 1.44. The predicted molar refractivity (Wildman–Crippen MR) is 119 cm³/mol. The molecule has 6 nitrogen and oxygen atoms in total. The number of rotatable bonds is 4. The lowest BCUT2D eigenvalue weighted by Gasteiger charge is -2.28. The van der Waals surface area contributed by atoms with Gasteiger partial charge in [0.2, 0.25) is 5.91 Å². The predicted octanol–water partition coefficient (Wildman–Crippen LogP) is 4.08. The van der Waals surface area contributed by atoms with Gasteiger partial charge < -0.3 is 4.90 Å². The number of aromatic nitrogens is 4. The highest BCUT2D eigenvalue weighted by Gasteiger charge is 2.22. The van der Waals surface area contributed by atoms with Crippen LogP contribution in [0.25, 0.3) is 16.6 Å². The van der Waals surface area contributed by atoms with Gasteiger partial charge >= 0.3 is 0 Å². The quantitative estimate of drug-likeness (QED) is 0.468. The number of para-hydroxylation sites is 1. The molecule has 5 rings (SSSR count). The molecule has 0 fully saturated rings. The first-order valence-electron chi connectivity index (χ1n) is 10.2. The van der Waals surface area contributed by atoms with Crippen molar-refractivity contribution in [2.24, 2.45) is 0 Å². The minimum Gasteiger partial charge on any atom is -0.337 e. The molecule has 1 aliphatic heterocycles. The van der Waals surface area contributed by atoms with Crippen molar-refractivity contribution in [3.05, 3.63) is 65.5 Å². The second-order valence-electron chi connectivity index (χ2n) is 7.91. The number of thioether (sulfide) groups is 1. The van der Waals surface area contributed by atoms with Gasteiger partial charge in [0, 0.05) is 24.4 Å². The van der Waals surface area contributed by atoms with Crippen molar-refractivity contribution < 1.29 is 4.79 Å². The molecule has 0 unspecified atom stereocenters. The average Bonchev–Trinajstić information content (AvgIpc) is 3.20. The second-order valence-corrected chi connectivity index (χ2v) is 8.85. The van der Waals surface area contributed by atoms with E-state index in [2.05, 4.69) is 42.2 Å². The van der Waals surface area contributed by atoms with E-state index in [1.807, 2.05) is 39.6 Å². The van der Waals surface area contributed by atoms with Gasteiger partial charge in [-0.2, -0.15) is 0 Å². The van der Waals surface area contributed by atoms with Crippen LogP contribution in [0, 0.1) is 0 Å². The van der Waals surface area contributed by atoms with Crippen molar-refractivity contribution in [1.82, 2.24) is 24.5 Å². The van der Waals surface area contributed by atoms with Crippen LogP contribution in [0.15, 0.2) is 53.7 Å². The van der Waals surface area contributed by atoms with E-state index in [0.29, 0.717) is 12.3 Å². The summed E-state index contributed by atoms with van der Waals surface area (Å²) in [4.78, 5) is 19.7. The maximum atomic E-state index is 12.9. The highest BCUT2D eigenvalue weighted by molar-refractivity contribution is 7.99. The highest BCUT2D eigenvalue weighted by Crippen LogP contribution is 2.27. The van der Waals surface area contributed by atoms with Gasteiger partial charge in [-0.25, -0.2) is 4.98 Å². The lowest BCUT2D eigenvalue weighted by atomic mass is 10.00. The largest absolute Gasteiger partial charge is 0.337 e. The van der Waals surface area contributed by atoms with E-state index in [0.717, 1.165) is 40.5 Å². The first kappa shape index (κ1) is 19.1. The summed E-state index contributed by atoms with van der Waals surface area (Å²) in [5, 5.41) is 10.5. The molecule has 30 heavy (non-hydrogen) atoms. The third-order valence-electron chi connectivity index (χ3n) is 5.57. The Morgan fingerprint density at radius 3 is 2.67 bits per heavy atom. The van der Waals surface area contributed by atoms with Crippen LogP contribution in [0.2, 0.25) is 0 Å². The molecular formula is C23H23N5OS. The molecule has 7 heteroatoms. The number of fused-ring (bicyclic) bond motifs is 4. The van der Waals surface area contributed by atoms with Crippen molar-refractivity contribution in [2.45, 2.75) is 37.9 Å². The van der Waals surface area contributed by atoms with E-state index in [-0.39, 0.29) is 11.8 Å². The third-order valence-corrected chi connectivity index (χ3v) is 6.48. The molecule has 2 aromatic heterocycles. The minimum atomic E-state index is 0.131. The number of carbonyl (C=O) groups is 1. The normalized spacial score (nSPS) is 13.9. The first-order chi connectivity index (χ1) is 14.6. The van der Waals surface area contributed by atoms with Crippen molar-refractivity contribution in [3.8, 4) is 0 Å². The Hall–Kier alpha value is -2.93. The van der Waals surface area contributed by atoms with Gasteiger partial charge in [0.05, 0.1) is 11.3 Å². The smallest absolute Gasteiger partial charge is 0.233 e. The van der Waals surface area contributed by atoms with Gasteiger partial charge in [-0.1, -0.05) is 62.0 Å². The zero-order valence-corrected chi connectivity index (χ0v) is 17.9. The summed E-state index contributed by atoms with van der Waals surface area (Å²) in [5.41, 5.74) is 4.30. The van der Waals surface area contributed by atoms with Gasteiger partial charge in [0.15, 0.2) is 10.8 Å². The zero-order chi connectivity index (χ0) is 20.7. The second kappa shape index (κ2) is 7.72. The monoisotopic (exact) mass is 417 g/mol. The van der Waals surface area contributed by atoms with Crippen LogP contribution in [0.1, 0.15) is 36.7 Å². The lowest BCUT2D eigenvalue weighted by Crippen LogP contribution is -2.37. The molecule has 4 aromatic rings. The molecule has 0 atom stereocenters. The van der Waals surface area contributed by atoms with Crippen LogP contribution in [0.4, 0.5) is 0 Å². The van der Waals surface area contributed by atoms with E-state index in [9.17, 15) is 4.79 Å². The van der Waals surface area contributed by atoms with E-state index in [1.165, 1.54) is 22.9 Å². The molecule has 0 aliphatic carbocycles. The van der Waals surface area contributed by atoms with E-state index in [1.54, 1.807) is 0 Å². The summed E-state index contributed by atoms with van der Waals surface area (Å²) in [6, 6.07) is 16.3. The standard InChI is InChI=1S/C23H23N5OS/c1-15(2)21-24-19-10-6-5-9-18(19)22-25-26-23(28(21)22)30-14-20(29)27-12-11-16-7-3-4-8-17(16)13-27/h3-10,15H,11-14H2,1-2H3. The van der Waals surface area contributed by atoms with Crippen molar-refractivity contribution in [1.29, 1.82) is 0 Å². The number of hydrogen-bond donors (Lipinski definition) is 0. The van der Waals surface area contributed by atoms with Gasteiger partial charge in [-0.3, -0.25) is 9.20 Å². The van der Waals surface area contributed by atoms with Gasteiger partial charge in [-0.05, 0) is 29.7 Å². The summed E-state index contributed by atoms with van der Waals surface area (Å²) in [6.07, 6.45) is 0.911. The highest BCUT2D eigenvalue weighted by atomic mass is 32.2. The van der Waals surface area contributed by atoms with Crippen LogP contribution in [-0.4, -0.2) is 42.7 Å². The number of nitrogens with zero attached hydrogens (tertiary/aromatic N) is 5. The van der Waals surface area contributed by atoms with Gasteiger partial charge in [0.1, 0.15) is 5.82 Å². The van der Waals surface area contributed by atoms with E-state index >= 15 is 0 Å². The summed E-state index contributed by atoms with van der Waals surface area (Å²) in [7, 11) is 0. The Labute approximate surface area is 179 Å². The number of hydrogen-bond acceptors (Lipinski definition) is 5. The molecule has 2 aromatic carbocycles. The van der Waals surface area contributed by atoms with Crippen LogP contribution in [-0.2, 0) is 17.8 Å². The lowest BCUT2D eigenvalue weighted by molar-refractivity contribution is -0.129. The van der Waals surface area contributed by atoms with Crippen molar-refractivity contribution in [3.63, 3.8) is 0 Å². The van der Waals surface area contributed by atoms with Crippen LogP contribution < -0.4 is 0 Å². The Morgan fingerprint density at radius 2 is 1.83 bits per heavy atom. The fraction of sp³-hybridized carbons (Fsp3) is 0.304. The van der Waals surface area contributed by atoms with Crippen LogP contribution in [0.5, 0.6) is 0 Å². The molecule has 1 aliphatic rings. The minimum absolute atomic E-state index is 0.131. The molecule has 0 N–H and O–H groups in total. The van der Waals surface area contributed by atoms with E-state index in [4.69, 9.17) is 4.98 Å². The summed E-state index contributed by atoms with van der Waals surface area (Å²) < 4.78 is 2.01. The Balaban J connectivity index is 1.41. The SMILES string of the molecule is CC(C)c1nc2ccccc2c2nnc(SCC(=O)N3CCc4ccccc4C3)n12. The number of benzene rings is 2. The Bertz CT molecular complexity index is 1250. The molecule has 0 radical (unpaired) electrons. The molecule has 152 valence electrons. The molecule has 0 saturated carbocycles. The zero-order valence-electron chi connectivity index (χ0n) is 17.1. The van der Waals surface area contributed by atoms with Gasteiger partial charge in [0.25, 0.3) is 0 Å². The van der Waals surface area contributed by atoms with Crippen LogP contribution >= 0.6 is 11.8 Å². The fourth-order valence-corrected chi connectivity index (χ4v) is 4.83. The molecule has 0 bridgehead atoms. The average molecular weight is 418 g/mol. The molecular weight excluding hydrogens is 394 g/mol. The molecule has 0 spiro atoms. The third kappa shape index (κ3) is 3.33.